The monoisotopic (exact) mass is 352 g/mol. The number of aromatic nitrogens is 2. The van der Waals surface area contributed by atoms with E-state index in [4.69, 9.17) is 0 Å². The molecule has 3 rings (SSSR count). The molecule has 8 heteroatoms. The Morgan fingerprint density at radius 2 is 2.08 bits per heavy atom. The van der Waals surface area contributed by atoms with Crippen molar-refractivity contribution in [3.8, 4) is 0 Å². The summed E-state index contributed by atoms with van der Waals surface area (Å²) in [5.74, 6) is -0.0813. The Kier molecular flexibility index (Phi) is 4.61. The number of anilines is 3. The highest BCUT2D eigenvalue weighted by Crippen LogP contribution is 2.33. The summed E-state index contributed by atoms with van der Waals surface area (Å²) in [6.45, 7) is 3.51. The van der Waals surface area contributed by atoms with E-state index in [9.17, 15) is 17.6 Å². The van der Waals surface area contributed by atoms with E-state index in [0.29, 0.717) is 24.5 Å². The molecule has 1 N–H and O–H groups in total. The highest BCUT2D eigenvalue weighted by Gasteiger charge is 2.31. The van der Waals surface area contributed by atoms with Crippen molar-refractivity contribution in [3.63, 3.8) is 0 Å². The third-order valence-electron chi connectivity index (χ3n) is 3.75. The molecule has 4 nitrogen and oxygen atoms in total. The van der Waals surface area contributed by atoms with Crippen LogP contribution in [0, 0.1) is 5.82 Å². The van der Waals surface area contributed by atoms with Crippen LogP contribution in [-0.4, -0.2) is 23.1 Å². The lowest BCUT2D eigenvalue weighted by molar-refractivity contribution is -0.137. The Hall–Kier alpha value is -2.64. The van der Waals surface area contributed by atoms with E-state index in [2.05, 4.69) is 15.3 Å². The molecule has 132 valence electrons. The zero-order chi connectivity index (χ0) is 18.0. The summed E-state index contributed by atoms with van der Waals surface area (Å²) >= 11 is 0. The van der Waals surface area contributed by atoms with E-state index < -0.39 is 17.6 Å². The van der Waals surface area contributed by atoms with Gasteiger partial charge >= 0.3 is 6.18 Å². The van der Waals surface area contributed by atoms with E-state index in [1.54, 1.807) is 6.20 Å². The number of nitrogens with one attached hydrogen (secondary N) is 1. The number of halogens is 4. The van der Waals surface area contributed by atoms with Crippen LogP contribution in [0.1, 0.15) is 24.5 Å². The van der Waals surface area contributed by atoms with Crippen molar-refractivity contribution in [2.24, 2.45) is 0 Å². The fraction of sp³-hybridized carbons (Fsp3) is 0.294. The fourth-order valence-corrected chi connectivity index (χ4v) is 2.59. The minimum Gasteiger partial charge on any atom is -0.352 e. The molecule has 0 atom stereocenters. The summed E-state index contributed by atoms with van der Waals surface area (Å²) in [5, 5.41) is 2.55. The second kappa shape index (κ2) is 6.70. The van der Waals surface area contributed by atoms with E-state index >= 15 is 0 Å². The van der Waals surface area contributed by atoms with E-state index in [1.807, 2.05) is 24.0 Å². The number of nitrogens with zero attached hydrogens (tertiary/aromatic N) is 3. The summed E-state index contributed by atoms with van der Waals surface area (Å²) in [4.78, 5) is 10.4. The van der Waals surface area contributed by atoms with Crippen LogP contribution in [0.2, 0.25) is 0 Å². The average molecular weight is 352 g/mol. The van der Waals surface area contributed by atoms with Crippen LogP contribution >= 0.6 is 0 Å². The first-order valence-corrected chi connectivity index (χ1v) is 7.81. The molecule has 0 saturated heterocycles. The van der Waals surface area contributed by atoms with E-state index in [1.165, 1.54) is 0 Å². The molecular weight excluding hydrogens is 336 g/mol. The Labute approximate surface area is 142 Å². The quantitative estimate of drug-likeness (QED) is 0.815. The molecule has 2 aromatic rings. The molecule has 0 spiro atoms. The Morgan fingerprint density at radius 3 is 2.80 bits per heavy atom. The largest absolute Gasteiger partial charge is 0.416 e. The predicted molar refractivity (Wildman–Crippen MR) is 88.3 cm³/mol. The maximum atomic E-state index is 13.9. The van der Waals surface area contributed by atoms with Crippen molar-refractivity contribution in [2.45, 2.75) is 19.5 Å². The molecule has 0 bridgehead atoms. The van der Waals surface area contributed by atoms with Crippen molar-refractivity contribution in [2.75, 3.05) is 23.3 Å². The van der Waals surface area contributed by atoms with Crippen molar-refractivity contribution in [3.05, 3.63) is 47.4 Å². The van der Waals surface area contributed by atoms with Gasteiger partial charge in [-0.25, -0.2) is 9.37 Å². The van der Waals surface area contributed by atoms with Gasteiger partial charge in [0.15, 0.2) is 0 Å². The van der Waals surface area contributed by atoms with E-state index in [0.717, 1.165) is 24.6 Å². The normalized spacial score (nSPS) is 13.7. The van der Waals surface area contributed by atoms with Crippen LogP contribution in [0.3, 0.4) is 0 Å². The average Bonchev–Trinajstić information content (AvgIpc) is 2.56. The first-order valence-electron chi connectivity index (χ1n) is 7.81. The second-order valence-electron chi connectivity index (χ2n) is 5.64. The number of hydrogen-bond acceptors (Lipinski definition) is 4. The third-order valence-corrected chi connectivity index (χ3v) is 3.75. The van der Waals surface area contributed by atoms with Crippen LogP contribution in [0.5, 0.6) is 0 Å². The third kappa shape index (κ3) is 3.72. The van der Waals surface area contributed by atoms with Crippen molar-refractivity contribution in [1.82, 2.24) is 9.97 Å². The first-order chi connectivity index (χ1) is 11.9. The molecule has 1 aliphatic rings. The van der Waals surface area contributed by atoms with Gasteiger partial charge in [-0.3, -0.25) is 0 Å². The fourth-order valence-electron chi connectivity index (χ4n) is 2.59. The number of benzene rings is 1. The van der Waals surface area contributed by atoms with Gasteiger partial charge in [-0.05, 0) is 24.6 Å². The first kappa shape index (κ1) is 17.2. The number of fused-ring (bicyclic) bond motifs is 1. The van der Waals surface area contributed by atoms with Crippen molar-refractivity contribution < 1.29 is 17.6 Å². The maximum Gasteiger partial charge on any atom is 0.416 e. The van der Waals surface area contributed by atoms with Gasteiger partial charge < -0.3 is 10.2 Å². The van der Waals surface area contributed by atoms with Crippen LogP contribution in [0.4, 0.5) is 35.0 Å². The smallest absolute Gasteiger partial charge is 0.352 e. The lowest BCUT2D eigenvalue weighted by atomic mass is 10.2. The van der Waals surface area contributed by atoms with Crippen molar-refractivity contribution >= 4 is 23.5 Å². The van der Waals surface area contributed by atoms with Gasteiger partial charge in [0, 0.05) is 24.8 Å². The molecule has 1 aliphatic heterocycles. The van der Waals surface area contributed by atoms with Gasteiger partial charge in [0.25, 0.3) is 0 Å². The number of hydrogen-bond donors (Lipinski definition) is 1. The molecule has 0 amide bonds. The topological polar surface area (TPSA) is 41.1 Å². The molecule has 1 aromatic carbocycles. The van der Waals surface area contributed by atoms with Crippen LogP contribution < -0.4 is 10.2 Å². The Balaban J connectivity index is 1.92. The Bertz CT molecular complexity index is 802. The Morgan fingerprint density at radius 1 is 1.28 bits per heavy atom. The molecule has 0 aliphatic carbocycles. The molecule has 0 radical (unpaired) electrons. The van der Waals surface area contributed by atoms with Gasteiger partial charge in [-0.1, -0.05) is 19.1 Å². The number of alkyl halides is 3. The molecule has 0 unspecified atom stereocenters. The highest BCUT2D eigenvalue weighted by atomic mass is 19.4. The summed E-state index contributed by atoms with van der Waals surface area (Å²) < 4.78 is 52.3. The number of rotatable bonds is 4. The van der Waals surface area contributed by atoms with E-state index in [-0.39, 0.29) is 11.6 Å². The molecule has 25 heavy (non-hydrogen) atoms. The molecule has 0 fully saturated rings. The summed E-state index contributed by atoms with van der Waals surface area (Å²) in [6, 6.07) is 2.18. The van der Waals surface area contributed by atoms with Gasteiger partial charge in [0.1, 0.15) is 11.6 Å². The maximum absolute atomic E-state index is 13.9. The van der Waals surface area contributed by atoms with Crippen LogP contribution in [-0.2, 0) is 6.18 Å². The highest BCUT2D eigenvalue weighted by molar-refractivity contribution is 5.69. The lowest BCUT2D eigenvalue weighted by Gasteiger charge is -2.26. The molecular formula is C17H16F4N4. The predicted octanol–water partition coefficient (Wildman–Crippen LogP) is 4.62. The zero-order valence-electron chi connectivity index (χ0n) is 13.4. The summed E-state index contributed by atoms with van der Waals surface area (Å²) in [6.07, 6.45) is 1.80. The lowest BCUT2D eigenvalue weighted by Crippen LogP contribution is -2.28. The van der Waals surface area contributed by atoms with Gasteiger partial charge in [0.2, 0.25) is 5.95 Å². The van der Waals surface area contributed by atoms with Gasteiger partial charge in [-0.15, -0.1) is 0 Å². The van der Waals surface area contributed by atoms with Gasteiger partial charge in [0.05, 0.1) is 11.3 Å². The minimum absolute atomic E-state index is 0.0494. The van der Waals surface area contributed by atoms with Crippen LogP contribution in [0.25, 0.3) is 6.08 Å². The standard InChI is InChI=1S/C17H16F4N4/c1-2-7-25-8-3-4-11-10-22-16(24-15(11)25)23-14-9-12(17(19,20)21)5-6-13(14)18/h3-6,9-10H,2,7-8H2,1H3,(H,22,23,24). The summed E-state index contributed by atoms with van der Waals surface area (Å²) in [5.41, 5.74) is -0.442. The van der Waals surface area contributed by atoms with Gasteiger partial charge in [-0.2, -0.15) is 18.2 Å². The zero-order valence-corrected chi connectivity index (χ0v) is 13.4. The van der Waals surface area contributed by atoms with Crippen molar-refractivity contribution in [1.29, 1.82) is 0 Å². The minimum atomic E-state index is -4.55. The summed E-state index contributed by atoms with van der Waals surface area (Å²) in [7, 11) is 0. The SMILES string of the molecule is CCCN1CC=Cc2cnc(Nc3cc(C(F)(F)F)ccc3F)nc21. The molecule has 1 aromatic heterocycles. The second-order valence-corrected chi connectivity index (χ2v) is 5.64. The van der Waals surface area contributed by atoms with Crippen LogP contribution in [0.15, 0.2) is 30.5 Å². The molecule has 2 heterocycles. The molecule has 0 saturated carbocycles.